The van der Waals surface area contributed by atoms with Gasteiger partial charge in [-0.1, -0.05) is 6.92 Å². The molecule has 2 unspecified atom stereocenters. The lowest BCUT2D eigenvalue weighted by atomic mass is 9.96. The average Bonchev–Trinajstić information content (AvgIpc) is 3.05. The standard InChI is InChI=1S/C13H21N3O/c1-10-4-5-15(8-13(10)17)7-12-6-14-9-16(12)11-2-3-11/h6,9-11,13,17H,2-5,7-8H2,1H3. The number of aliphatic hydroxyl groups is 1. The predicted octanol–water partition coefficient (Wildman–Crippen LogP) is 1.42. The van der Waals surface area contributed by atoms with E-state index in [1.165, 1.54) is 18.5 Å². The lowest BCUT2D eigenvalue weighted by Gasteiger charge is -2.34. The zero-order valence-corrected chi connectivity index (χ0v) is 10.4. The van der Waals surface area contributed by atoms with Crippen LogP contribution in [0.4, 0.5) is 0 Å². The SMILES string of the molecule is CC1CCN(Cc2cncn2C2CC2)CC1O. The van der Waals surface area contributed by atoms with Crippen molar-refractivity contribution >= 4 is 0 Å². The van der Waals surface area contributed by atoms with Crippen molar-refractivity contribution in [2.24, 2.45) is 5.92 Å². The minimum Gasteiger partial charge on any atom is -0.392 e. The fraction of sp³-hybridized carbons (Fsp3) is 0.769. The van der Waals surface area contributed by atoms with Gasteiger partial charge in [0.1, 0.15) is 0 Å². The third kappa shape index (κ3) is 2.38. The highest BCUT2D eigenvalue weighted by Crippen LogP contribution is 2.36. The Kier molecular flexibility index (Phi) is 2.92. The van der Waals surface area contributed by atoms with Crippen LogP contribution in [-0.2, 0) is 6.54 Å². The molecule has 2 fully saturated rings. The van der Waals surface area contributed by atoms with Crippen LogP contribution < -0.4 is 0 Å². The Morgan fingerprint density at radius 2 is 2.24 bits per heavy atom. The number of aliphatic hydroxyl groups excluding tert-OH is 1. The van der Waals surface area contributed by atoms with E-state index in [4.69, 9.17) is 0 Å². The molecule has 0 bridgehead atoms. The van der Waals surface area contributed by atoms with E-state index in [9.17, 15) is 5.11 Å². The van der Waals surface area contributed by atoms with Gasteiger partial charge in [-0.15, -0.1) is 0 Å². The quantitative estimate of drug-likeness (QED) is 0.861. The number of piperidine rings is 1. The molecule has 1 saturated heterocycles. The fourth-order valence-electron chi connectivity index (χ4n) is 2.62. The number of rotatable bonds is 3. The van der Waals surface area contributed by atoms with Gasteiger partial charge < -0.3 is 9.67 Å². The molecule has 0 aromatic carbocycles. The van der Waals surface area contributed by atoms with Crippen molar-refractivity contribution < 1.29 is 5.11 Å². The minimum atomic E-state index is -0.166. The van der Waals surface area contributed by atoms with Crippen LogP contribution in [0.1, 0.15) is 37.9 Å². The molecule has 4 nitrogen and oxygen atoms in total. The number of imidazole rings is 1. The fourth-order valence-corrected chi connectivity index (χ4v) is 2.62. The number of aromatic nitrogens is 2. The van der Waals surface area contributed by atoms with Gasteiger partial charge >= 0.3 is 0 Å². The van der Waals surface area contributed by atoms with Gasteiger partial charge in [-0.05, 0) is 31.7 Å². The van der Waals surface area contributed by atoms with E-state index in [1.54, 1.807) is 0 Å². The van der Waals surface area contributed by atoms with Gasteiger partial charge in [0.05, 0.1) is 18.1 Å². The summed E-state index contributed by atoms with van der Waals surface area (Å²) < 4.78 is 2.31. The van der Waals surface area contributed by atoms with Crippen LogP contribution >= 0.6 is 0 Å². The lowest BCUT2D eigenvalue weighted by Crippen LogP contribution is -2.42. The summed E-state index contributed by atoms with van der Waals surface area (Å²) in [5.74, 6) is 0.444. The molecule has 1 aromatic rings. The van der Waals surface area contributed by atoms with Crippen LogP contribution in [0.2, 0.25) is 0 Å². The molecule has 0 amide bonds. The van der Waals surface area contributed by atoms with Crippen LogP contribution in [0.5, 0.6) is 0 Å². The molecule has 2 heterocycles. The zero-order valence-electron chi connectivity index (χ0n) is 10.4. The van der Waals surface area contributed by atoms with Gasteiger partial charge in [-0.2, -0.15) is 0 Å². The minimum absolute atomic E-state index is 0.166. The van der Waals surface area contributed by atoms with Gasteiger partial charge in [-0.3, -0.25) is 4.90 Å². The zero-order chi connectivity index (χ0) is 11.8. The normalized spacial score (nSPS) is 30.7. The highest BCUT2D eigenvalue weighted by molar-refractivity contribution is 5.04. The molecule has 1 saturated carbocycles. The number of β-amino-alcohol motifs (C(OH)–C–C–N with tert-alkyl or cyclic N) is 1. The third-order valence-corrected chi connectivity index (χ3v) is 4.07. The molecule has 0 radical (unpaired) electrons. The van der Waals surface area contributed by atoms with Crippen LogP contribution in [0, 0.1) is 5.92 Å². The Hall–Kier alpha value is -0.870. The van der Waals surface area contributed by atoms with E-state index < -0.39 is 0 Å². The Balaban J connectivity index is 1.64. The Bertz CT molecular complexity index is 386. The first-order chi connectivity index (χ1) is 8.24. The maximum atomic E-state index is 9.90. The van der Waals surface area contributed by atoms with E-state index >= 15 is 0 Å². The van der Waals surface area contributed by atoms with Crippen molar-refractivity contribution in [3.05, 3.63) is 18.2 Å². The first-order valence-electron chi connectivity index (χ1n) is 6.65. The molecule has 1 aromatic heterocycles. The van der Waals surface area contributed by atoms with Gasteiger partial charge in [0.25, 0.3) is 0 Å². The van der Waals surface area contributed by atoms with Gasteiger partial charge in [0.15, 0.2) is 0 Å². The number of nitrogens with zero attached hydrogens (tertiary/aromatic N) is 3. The van der Waals surface area contributed by atoms with Crippen molar-refractivity contribution in [3.8, 4) is 0 Å². The highest BCUT2D eigenvalue weighted by Gasteiger charge is 2.28. The molecule has 17 heavy (non-hydrogen) atoms. The monoisotopic (exact) mass is 235 g/mol. The molecule has 1 aliphatic carbocycles. The molecule has 1 aliphatic heterocycles. The van der Waals surface area contributed by atoms with Crippen LogP contribution in [0.15, 0.2) is 12.5 Å². The smallest absolute Gasteiger partial charge is 0.0951 e. The molecule has 94 valence electrons. The predicted molar refractivity (Wildman–Crippen MR) is 65.6 cm³/mol. The molecule has 2 atom stereocenters. The van der Waals surface area contributed by atoms with Crippen molar-refractivity contribution in [1.29, 1.82) is 0 Å². The second-order valence-corrected chi connectivity index (χ2v) is 5.59. The van der Waals surface area contributed by atoms with Gasteiger partial charge in [0, 0.05) is 25.3 Å². The first-order valence-corrected chi connectivity index (χ1v) is 6.65. The topological polar surface area (TPSA) is 41.3 Å². The van der Waals surface area contributed by atoms with Crippen LogP contribution in [-0.4, -0.2) is 38.8 Å². The van der Waals surface area contributed by atoms with Crippen molar-refractivity contribution in [2.75, 3.05) is 13.1 Å². The van der Waals surface area contributed by atoms with Crippen LogP contribution in [0.25, 0.3) is 0 Å². The summed E-state index contributed by atoms with van der Waals surface area (Å²) in [4.78, 5) is 6.60. The molecule has 0 spiro atoms. The second-order valence-electron chi connectivity index (χ2n) is 5.59. The van der Waals surface area contributed by atoms with Crippen molar-refractivity contribution in [1.82, 2.24) is 14.5 Å². The number of likely N-dealkylation sites (tertiary alicyclic amines) is 1. The molecular weight excluding hydrogens is 214 g/mol. The number of hydrogen-bond donors (Lipinski definition) is 1. The maximum Gasteiger partial charge on any atom is 0.0951 e. The van der Waals surface area contributed by atoms with E-state index in [-0.39, 0.29) is 6.10 Å². The summed E-state index contributed by atoms with van der Waals surface area (Å²) in [5, 5.41) is 9.90. The molecule has 1 N–H and O–H groups in total. The average molecular weight is 235 g/mol. The summed E-state index contributed by atoms with van der Waals surface area (Å²) in [6.45, 7) is 4.96. The van der Waals surface area contributed by atoms with Crippen molar-refractivity contribution in [2.45, 2.75) is 44.9 Å². The van der Waals surface area contributed by atoms with Crippen LogP contribution in [0.3, 0.4) is 0 Å². The number of hydrogen-bond acceptors (Lipinski definition) is 3. The van der Waals surface area contributed by atoms with Gasteiger partial charge in [-0.25, -0.2) is 4.98 Å². The van der Waals surface area contributed by atoms with E-state index in [0.29, 0.717) is 12.0 Å². The summed E-state index contributed by atoms with van der Waals surface area (Å²) >= 11 is 0. The summed E-state index contributed by atoms with van der Waals surface area (Å²) in [7, 11) is 0. The summed E-state index contributed by atoms with van der Waals surface area (Å²) in [6.07, 6.45) is 7.45. The Morgan fingerprint density at radius 3 is 2.94 bits per heavy atom. The highest BCUT2D eigenvalue weighted by atomic mass is 16.3. The van der Waals surface area contributed by atoms with Gasteiger partial charge in [0.2, 0.25) is 0 Å². The maximum absolute atomic E-state index is 9.90. The summed E-state index contributed by atoms with van der Waals surface area (Å²) in [6, 6.07) is 0.695. The molecule has 4 heteroatoms. The van der Waals surface area contributed by atoms with Crippen molar-refractivity contribution in [3.63, 3.8) is 0 Å². The lowest BCUT2D eigenvalue weighted by molar-refractivity contribution is 0.0250. The molecule has 2 aliphatic rings. The Morgan fingerprint density at radius 1 is 1.41 bits per heavy atom. The Labute approximate surface area is 102 Å². The van der Waals surface area contributed by atoms with E-state index in [0.717, 1.165) is 26.1 Å². The second kappa shape index (κ2) is 4.42. The third-order valence-electron chi connectivity index (χ3n) is 4.07. The largest absolute Gasteiger partial charge is 0.392 e. The van der Waals surface area contributed by atoms with E-state index in [2.05, 4.69) is 21.4 Å². The first kappa shape index (κ1) is 11.2. The van der Waals surface area contributed by atoms with E-state index in [1.807, 2.05) is 12.5 Å². The summed E-state index contributed by atoms with van der Waals surface area (Å²) in [5.41, 5.74) is 1.30. The molecule has 3 rings (SSSR count). The molecular formula is C13H21N3O.